The van der Waals surface area contributed by atoms with Gasteiger partial charge in [-0.1, -0.05) is 0 Å². The highest BCUT2D eigenvalue weighted by Gasteiger charge is 2.22. The van der Waals surface area contributed by atoms with Crippen LogP contribution in [0.2, 0.25) is 0 Å². The third kappa shape index (κ3) is 2.58. The molecule has 4 nitrogen and oxygen atoms in total. The van der Waals surface area contributed by atoms with Crippen molar-refractivity contribution in [3.8, 4) is 0 Å². The summed E-state index contributed by atoms with van der Waals surface area (Å²) in [5.41, 5.74) is 0. The standard InChI is InChI=1S/C11H19N3O/c1-9-6-14(7-10(2)15-9)8-11-12-4-5-13(11)3/h4-5,9-10H,6-8H2,1-3H3. The van der Waals surface area contributed by atoms with Crippen molar-refractivity contribution in [3.05, 3.63) is 18.2 Å². The van der Waals surface area contributed by atoms with E-state index in [1.807, 2.05) is 19.4 Å². The van der Waals surface area contributed by atoms with Crippen LogP contribution >= 0.6 is 0 Å². The number of hydrogen-bond acceptors (Lipinski definition) is 3. The molecular weight excluding hydrogens is 190 g/mol. The highest BCUT2D eigenvalue weighted by molar-refractivity contribution is 4.92. The Labute approximate surface area is 90.9 Å². The van der Waals surface area contributed by atoms with E-state index in [-0.39, 0.29) is 0 Å². The summed E-state index contributed by atoms with van der Waals surface area (Å²) in [4.78, 5) is 6.74. The summed E-state index contributed by atoms with van der Waals surface area (Å²) in [7, 11) is 2.04. The van der Waals surface area contributed by atoms with Gasteiger partial charge < -0.3 is 9.30 Å². The molecule has 0 N–H and O–H groups in total. The molecule has 2 atom stereocenters. The molecule has 0 radical (unpaired) electrons. The smallest absolute Gasteiger partial charge is 0.122 e. The predicted octanol–water partition coefficient (Wildman–Crippen LogP) is 1.03. The molecule has 1 saturated heterocycles. The SMILES string of the molecule is CC1CN(Cc2nccn2C)CC(C)O1. The molecule has 0 saturated carbocycles. The second-order valence-electron chi connectivity index (χ2n) is 4.41. The van der Waals surface area contributed by atoms with E-state index in [2.05, 4.69) is 28.3 Å². The van der Waals surface area contributed by atoms with Crippen LogP contribution in [0, 0.1) is 0 Å². The first-order valence-electron chi connectivity index (χ1n) is 5.49. The van der Waals surface area contributed by atoms with Gasteiger partial charge >= 0.3 is 0 Å². The third-order valence-electron chi connectivity index (χ3n) is 2.78. The van der Waals surface area contributed by atoms with E-state index >= 15 is 0 Å². The lowest BCUT2D eigenvalue weighted by Gasteiger charge is -2.34. The minimum absolute atomic E-state index is 0.328. The third-order valence-corrected chi connectivity index (χ3v) is 2.78. The molecule has 2 unspecified atom stereocenters. The Morgan fingerprint density at radius 1 is 1.40 bits per heavy atom. The molecule has 2 heterocycles. The first kappa shape index (κ1) is 10.6. The van der Waals surface area contributed by atoms with Crippen molar-refractivity contribution in [1.82, 2.24) is 14.5 Å². The maximum absolute atomic E-state index is 5.70. The van der Waals surface area contributed by atoms with E-state index in [0.29, 0.717) is 12.2 Å². The molecule has 15 heavy (non-hydrogen) atoms. The number of rotatable bonds is 2. The number of imidazole rings is 1. The van der Waals surface area contributed by atoms with Crippen molar-refractivity contribution in [3.63, 3.8) is 0 Å². The zero-order valence-electron chi connectivity index (χ0n) is 9.68. The highest BCUT2D eigenvalue weighted by Crippen LogP contribution is 2.12. The predicted molar refractivity (Wildman–Crippen MR) is 58.5 cm³/mol. The van der Waals surface area contributed by atoms with Gasteiger partial charge in [-0.25, -0.2) is 4.98 Å². The van der Waals surface area contributed by atoms with Gasteiger partial charge in [0, 0.05) is 32.5 Å². The molecule has 1 aliphatic rings. The quantitative estimate of drug-likeness (QED) is 0.729. The Hall–Kier alpha value is -0.870. The summed E-state index contributed by atoms with van der Waals surface area (Å²) in [6, 6.07) is 0. The van der Waals surface area contributed by atoms with Gasteiger partial charge in [0.05, 0.1) is 18.8 Å². The van der Waals surface area contributed by atoms with Gasteiger partial charge in [-0.3, -0.25) is 4.90 Å². The van der Waals surface area contributed by atoms with Gasteiger partial charge in [0.25, 0.3) is 0 Å². The van der Waals surface area contributed by atoms with Gasteiger partial charge in [0.1, 0.15) is 5.82 Å². The number of nitrogens with zero attached hydrogens (tertiary/aromatic N) is 3. The molecule has 0 spiro atoms. The minimum atomic E-state index is 0.328. The van der Waals surface area contributed by atoms with E-state index in [1.165, 1.54) is 0 Å². The van der Waals surface area contributed by atoms with Gasteiger partial charge in [-0.05, 0) is 13.8 Å². The summed E-state index contributed by atoms with van der Waals surface area (Å²) in [5, 5.41) is 0. The van der Waals surface area contributed by atoms with E-state index < -0.39 is 0 Å². The van der Waals surface area contributed by atoms with Crippen LogP contribution in [0.5, 0.6) is 0 Å². The van der Waals surface area contributed by atoms with Crippen LogP contribution in [-0.2, 0) is 18.3 Å². The Morgan fingerprint density at radius 3 is 2.60 bits per heavy atom. The maximum atomic E-state index is 5.70. The molecule has 0 aliphatic carbocycles. The van der Waals surface area contributed by atoms with Crippen molar-refractivity contribution in [1.29, 1.82) is 0 Å². The van der Waals surface area contributed by atoms with E-state index in [1.54, 1.807) is 0 Å². The summed E-state index contributed by atoms with van der Waals surface area (Å²) in [6.45, 7) is 7.16. The van der Waals surface area contributed by atoms with E-state index in [0.717, 1.165) is 25.5 Å². The van der Waals surface area contributed by atoms with Gasteiger partial charge in [-0.2, -0.15) is 0 Å². The average Bonchev–Trinajstić information content (AvgIpc) is 2.50. The van der Waals surface area contributed by atoms with Gasteiger partial charge in [0.15, 0.2) is 0 Å². The average molecular weight is 209 g/mol. The number of aryl methyl sites for hydroxylation is 1. The Bertz CT molecular complexity index is 313. The molecule has 1 aliphatic heterocycles. The van der Waals surface area contributed by atoms with Crippen molar-refractivity contribution in [2.75, 3.05) is 13.1 Å². The summed E-state index contributed by atoms with van der Waals surface area (Å²) < 4.78 is 7.77. The molecule has 1 aromatic rings. The van der Waals surface area contributed by atoms with Gasteiger partial charge in [-0.15, -0.1) is 0 Å². The largest absolute Gasteiger partial charge is 0.373 e. The number of morpholine rings is 1. The van der Waals surface area contributed by atoms with Crippen LogP contribution < -0.4 is 0 Å². The fourth-order valence-electron chi connectivity index (χ4n) is 2.16. The lowest BCUT2D eigenvalue weighted by molar-refractivity contribution is -0.0712. The number of aromatic nitrogens is 2. The molecular formula is C11H19N3O. The highest BCUT2D eigenvalue weighted by atomic mass is 16.5. The first-order chi connectivity index (χ1) is 7.15. The number of ether oxygens (including phenoxy) is 1. The molecule has 4 heteroatoms. The van der Waals surface area contributed by atoms with E-state index in [4.69, 9.17) is 4.74 Å². The molecule has 0 bridgehead atoms. The molecule has 2 rings (SSSR count). The molecule has 84 valence electrons. The fraction of sp³-hybridized carbons (Fsp3) is 0.727. The Morgan fingerprint density at radius 2 is 2.07 bits per heavy atom. The van der Waals surface area contributed by atoms with Crippen molar-refractivity contribution in [2.45, 2.75) is 32.6 Å². The van der Waals surface area contributed by atoms with Crippen molar-refractivity contribution < 1.29 is 4.74 Å². The second-order valence-corrected chi connectivity index (χ2v) is 4.41. The molecule has 0 aromatic carbocycles. The number of hydrogen-bond donors (Lipinski definition) is 0. The minimum Gasteiger partial charge on any atom is -0.373 e. The molecule has 1 aromatic heterocycles. The Kier molecular flexibility index (Phi) is 3.07. The fourth-order valence-corrected chi connectivity index (χ4v) is 2.16. The van der Waals surface area contributed by atoms with Crippen LogP contribution in [0.3, 0.4) is 0 Å². The lowest BCUT2D eigenvalue weighted by Crippen LogP contribution is -2.45. The second kappa shape index (κ2) is 4.33. The van der Waals surface area contributed by atoms with Crippen LogP contribution in [0.1, 0.15) is 19.7 Å². The zero-order chi connectivity index (χ0) is 10.8. The van der Waals surface area contributed by atoms with Crippen molar-refractivity contribution in [2.24, 2.45) is 7.05 Å². The summed E-state index contributed by atoms with van der Waals surface area (Å²) >= 11 is 0. The topological polar surface area (TPSA) is 30.3 Å². The van der Waals surface area contributed by atoms with Crippen LogP contribution in [-0.4, -0.2) is 39.7 Å². The summed E-state index contributed by atoms with van der Waals surface area (Å²) in [5.74, 6) is 1.12. The summed E-state index contributed by atoms with van der Waals surface area (Å²) in [6.07, 6.45) is 4.49. The zero-order valence-corrected chi connectivity index (χ0v) is 9.68. The van der Waals surface area contributed by atoms with Crippen molar-refractivity contribution >= 4 is 0 Å². The van der Waals surface area contributed by atoms with Crippen LogP contribution in [0.25, 0.3) is 0 Å². The lowest BCUT2D eigenvalue weighted by atomic mass is 10.2. The normalized spacial score (nSPS) is 28.2. The molecule has 0 amide bonds. The monoisotopic (exact) mass is 209 g/mol. The van der Waals surface area contributed by atoms with Crippen LogP contribution in [0.4, 0.5) is 0 Å². The maximum Gasteiger partial charge on any atom is 0.122 e. The van der Waals surface area contributed by atoms with Gasteiger partial charge in [0.2, 0.25) is 0 Å². The van der Waals surface area contributed by atoms with E-state index in [9.17, 15) is 0 Å². The Balaban J connectivity index is 1.97. The molecule has 1 fully saturated rings. The van der Waals surface area contributed by atoms with Crippen LogP contribution in [0.15, 0.2) is 12.4 Å². The first-order valence-corrected chi connectivity index (χ1v) is 5.49.